The van der Waals surface area contributed by atoms with E-state index in [9.17, 15) is 4.79 Å². The van der Waals surface area contributed by atoms with Crippen LogP contribution in [0, 0.1) is 0 Å². The fraction of sp³-hybridized carbons (Fsp3) is 0.667. The third-order valence-electron chi connectivity index (χ3n) is 4.35. The molecule has 1 aromatic rings. The highest BCUT2D eigenvalue weighted by Gasteiger charge is 2.20. The van der Waals surface area contributed by atoms with Crippen molar-refractivity contribution in [2.24, 2.45) is 10.7 Å². The first-order valence-electron chi connectivity index (χ1n) is 9.17. The average molecular weight is 493 g/mol. The molecule has 2 rings (SSSR count). The van der Waals surface area contributed by atoms with E-state index in [-0.39, 0.29) is 35.8 Å². The number of hydrogen-bond acceptors (Lipinski definition) is 5. The molecule has 9 heteroatoms. The Morgan fingerprint density at radius 1 is 1.41 bits per heavy atom. The molecule has 154 valence electrons. The zero-order chi connectivity index (χ0) is 18.9. The molecule has 0 atom stereocenters. The first-order chi connectivity index (χ1) is 12.5. The van der Waals surface area contributed by atoms with Gasteiger partial charge in [-0.1, -0.05) is 0 Å². The number of primary amides is 1. The molecule has 1 fully saturated rings. The minimum Gasteiger partial charge on any atom is -0.454 e. The van der Waals surface area contributed by atoms with E-state index >= 15 is 0 Å². The van der Waals surface area contributed by atoms with E-state index in [0.717, 1.165) is 45.0 Å². The van der Waals surface area contributed by atoms with Crippen molar-refractivity contribution in [3.05, 3.63) is 23.7 Å². The second-order valence-corrected chi connectivity index (χ2v) is 6.74. The summed E-state index contributed by atoms with van der Waals surface area (Å²) in [6, 6.07) is 3.70. The number of nitrogens with two attached hydrogens (primary N) is 1. The molecule has 1 aromatic heterocycles. The van der Waals surface area contributed by atoms with Crippen LogP contribution in [0.25, 0.3) is 0 Å². The summed E-state index contributed by atoms with van der Waals surface area (Å²) in [5.41, 5.74) is 5.19. The average Bonchev–Trinajstić information content (AvgIpc) is 3.09. The summed E-state index contributed by atoms with van der Waals surface area (Å²) >= 11 is 0. The second kappa shape index (κ2) is 12.2. The van der Waals surface area contributed by atoms with Gasteiger partial charge in [0.25, 0.3) is 5.91 Å². The third-order valence-corrected chi connectivity index (χ3v) is 4.35. The van der Waals surface area contributed by atoms with Crippen molar-refractivity contribution < 1.29 is 13.9 Å². The zero-order valence-electron chi connectivity index (χ0n) is 16.4. The van der Waals surface area contributed by atoms with Gasteiger partial charge in [0.2, 0.25) is 0 Å². The predicted molar refractivity (Wildman–Crippen MR) is 117 cm³/mol. The summed E-state index contributed by atoms with van der Waals surface area (Å²) in [4.78, 5) is 17.7. The van der Waals surface area contributed by atoms with Crippen LogP contribution in [0.3, 0.4) is 0 Å². The van der Waals surface area contributed by atoms with Crippen molar-refractivity contribution in [2.75, 3.05) is 33.3 Å². The van der Waals surface area contributed by atoms with Crippen molar-refractivity contribution in [1.29, 1.82) is 0 Å². The van der Waals surface area contributed by atoms with Gasteiger partial charge >= 0.3 is 0 Å². The van der Waals surface area contributed by atoms with Crippen molar-refractivity contribution in [2.45, 2.75) is 45.4 Å². The minimum atomic E-state index is -0.565. The number of piperidine rings is 1. The molecule has 8 nitrogen and oxygen atoms in total. The maximum Gasteiger partial charge on any atom is 0.284 e. The molecule has 2 heterocycles. The molecule has 1 aliphatic rings. The number of carbonyl (C=O) groups is 1. The molecule has 1 amide bonds. The highest BCUT2D eigenvalue weighted by Crippen LogP contribution is 2.10. The molecule has 0 radical (unpaired) electrons. The van der Waals surface area contributed by atoms with Crippen molar-refractivity contribution in [3.63, 3.8) is 0 Å². The molecule has 4 N–H and O–H groups in total. The molecule has 27 heavy (non-hydrogen) atoms. The van der Waals surface area contributed by atoms with Crippen LogP contribution in [-0.2, 0) is 11.3 Å². The topological polar surface area (TPSA) is 105 Å². The predicted octanol–water partition coefficient (Wildman–Crippen LogP) is 1.55. The standard InChI is InChI=1S/C18H31N5O3.HI/c1-13(2)25-11-10-23-8-6-14(7-9-23)22-18(20-3)21-12-15-4-5-16(26-15)17(19)24;/h4-5,13-14H,6-12H2,1-3H3,(H2,19,24)(H2,20,21,22);1H. The van der Waals surface area contributed by atoms with Gasteiger partial charge in [0.1, 0.15) is 5.76 Å². The van der Waals surface area contributed by atoms with Crippen LogP contribution < -0.4 is 16.4 Å². The highest BCUT2D eigenvalue weighted by molar-refractivity contribution is 14.0. The number of amides is 1. The van der Waals surface area contributed by atoms with Gasteiger partial charge in [0.05, 0.1) is 19.3 Å². The third kappa shape index (κ3) is 8.48. The van der Waals surface area contributed by atoms with Crippen LogP contribution in [0.2, 0.25) is 0 Å². The van der Waals surface area contributed by atoms with Gasteiger partial charge in [-0.15, -0.1) is 24.0 Å². The Hall–Kier alpha value is -1.33. The van der Waals surface area contributed by atoms with Gasteiger partial charge in [0, 0.05) is 32.7 Å². The number of aliphatic imine (C=N–C) groups is 1. The molecule has 0 aliphatic carbocycles. The summed E-state index contributed by atoms with van der Waals surface area (Å²) < 4.78 is 11.0. The first kappa shape index (κ1) is 23.7. The maximum absolute atomic E-state index is 11.1. The van der Waals surface area contributed by atoms with Crippen molar-refractivity contribution in [1.82, 2.24) is 15.5 Å². The minimum absolute atomic E-state index is 0. The van der Waals surface area contributed by atoms with Gasteiger partial charge in [-0.2, -0.15) is 0 Å². The van der Waals surface area contributed by atoms with E-state index in [1.54, 1.807) is 19.2 Å². The van der Waals surface area contributed by atoms with Crippen LogP contribution in [0.1, 0.15) is 43.0 Å². The van der Waals surface area contributed by atoms with E-state index in [0.29, 0.717) is 18.3 Å². The molecule has 1 aliphatic heterocycles. The highest BCUT2D eigenvalue weighted by atomic mass is 127. The Bertz CT molecular complexity index is 598. The monoisotopic (exact) mass is 493 g/mol. The SMILES string of the molecule is CN=C(NCc1ccc(C(N)=O)o1)NC1CCN(CCOC(C)C)CC1.I. The Morgan fingerprint density at radius 3 is 2.67 bits per heavy atom. The Balaban J connectivity index is 0.00000364. The van der Waals surface area contributed by atoms with Gasteiger partial charge in [-0.3, -0.25) is 9.79 Å². The lowest BCUT2D eigenvalue weighted by Crippen LogP contribution is -2.48. The van der Waals surface area contributed by atoms with Crippen LogP contribution in [-0.4, -0.2) is 62.2 Å². The summed E-state index contributed by atoms with van der Waals surface area (Å²) in [6.45, 7) is 8.44. The first-order valence-corrected chi connectivity index (χ1v) is 9.17. The molecular weight excluding hydrogens is 461 g/mol. The fourth-order valence-electron chi connectivity index (χ4n) is 2.88. The molecular formula is C18H32IN5O3. The van der Waals surface area contributed by atoms with Crippen molar-refractivity contribution >= 4 is 35.8 Å². The molecule has 0 aromatic carbocycles. The number of rotatable bonds is 8. The number of halogens is 1. The summed E-state index contributed by atoms with van der Waals surface area (Å²) in [5, 5.41) is 6.65. The normalized spacial score (nSPS) is 16.2. The van der Waals surface area contributed by atoms with Crippen LogP contribution >= 0.6 is 24.0 Å². The Morgan fingerprint density at radius 2 is 2.11 bits per heavy atom. The number of carbonyl (C=O) groups excluding carboxylic acids is 1. The van der Waals surface area contributed by atoms with Crippen LogP contribution in [0.4, 0.5) is 0 Å². The number of nitrogens with zero attached hydrogens (tertiary/aromatic N) is 2. The number of nitrogens with one attached hydrogen (secondary N) is 2. The fourth-order valence-corrected chi connectivity index (χ4v) is 2.88. The number of guanidine groups is 1. The number of likely N-dealkylation sites (tertiary alicyclic amines) is 1. The number of ether oxygens (including phenoxy) is 1. The Labute approximate surface area is 178 Å². The lowest BCUT2D eigenvalue weighted by molar-refractivity contribution is 0.0532. The Kier molecular flexibility index (Phi) is 10.7. The van der Waals surface area contributed by atoms with E-state index in [1.165, 1.54) is 0 Å². The van der Waals surface area contributed by atoms with E-state index < -0.39 is 5.91 Å². The summed E-state index contributed by atoms with van der Waals surface area (Å²) in [5.74, 6) is 0.966. The van der Waals surface area contributed by atoms with Gasteiger partial charge < -0.3 is 30.4 Å². The smallest absolute Gasteiger partial charge is 0.284 e. The molecule has 1 saturated heterocycles. The van der Waals surface area contributed by atoms with E-state index in [1.807, 2.05) is 0 Å². The van der Waals surface area contributed by atoms with Crippen LogP contribution in [0.5, 0.6) is 0 Å². The second-order valence-electron chi connectivity index (χ2n) is 6.74. The summed E-state index contributed by atoms with van der Waals surface area (Å²) in [6.07, 6.45) is 2.42. The van der Waals surface area contributed by atoms with E-state index in [2.05, 4.69) is 34.4 Å². The number of furan rings is 1. The van der Waals surface area contributed by atoms with Crippen LogP contribution in [0.15, 0.2) is 21.5 Å². The largest absolute Gasteiger partial charge is 0.454 e. The molecule has 0 unspecified atom stereocenters. The van der Waals surface area contributed by atoms with Crippen molar-refractivity contribution in [3.8, 4) is 0 Å². The van der Waals surface area contributed by atoms with Gasteiger partial charge in [0.15, 0.2) is 11.7 Å². The zero-order valence-corrected chi connectivity index (χ0v) is 18.7. The quantitative estimate of drug-likeness (QED) is 0.289. The summed E-state index contributed by atoms with van der Waals surface area (Å²) in [7, 11) is 1.74. The lowest BCUT2D eigenvalue weighted by Gasteiger charge is -2.33. The molecule has 0 bridgehead atoms. The molecule has 0 saturated carbocycles. The molecule has 0 spiro atoms. The maximum atomic E-state index is 11.1. The van der Waals surface area contributed by atoms with Gasteiger partial charge in [-0.25, -0.2) is 0 Å². The van der Waals surface area contributed by atoms with E-state index in [4.69, 9.17) is 14.9 Å². The number of hydrogen-bond donors (Lipinski definition) is 3. The van der Waals surface area contributed by atoms with Gasteiger partial charge in [-0.05, 0) is 38.8 Å². The lowest BCUT2D eigenvalue weighted by atomic mass is 10.1.